The van der Waals surface area contributed by atoms with Crippen LogP contribution in [0.3, 0.4) is 0 Å². The smallest absolute Gasteiger partial charge is 0.416 e. The largest absolute Gasteiger partial charge is 0.493 e. The average molecular weight is 539 g/mol. The highest BCUT2D eigenvalue weighted by atomic mass is 32.2. The van der Waals surface area contributed by atoms with Crippen LogP contribution in [0.2, 0.25) is 0 Å². The summed E-state index contributed by atoms with van der Waals surface area (Å²) in [5, 5.41) is 1.92. The monoisotopic (exact) mass is 538 g/mol. The molecule has 2 aromatic carbocycles. The minimum absolute atomic E-state index is 0.0313. The van der Waals surface area contributed by atoms with Crippen molar-refractivity contribution >= 4 is 32.2 Å². The van der Waals surface area contributed by atoms with Crippen molar-refractivity contribution in [3.05, 3.63) is 64.7 Å². The van der Waals surface area contributed by atoms with Crippen molar-refractivity contribution in [2.45, 2.75) is 23.4 Å². The molecule has 0 bridgehead atoms. The summed E-state index contributed by atoms with van der Waals surface area (Å²) in [5.74, 6) is 0.187. The van der Waals surface area contributed by atoms with E-state index in [9.17, 15) is 21.6 Å². The Balaban J connectivity index is 1.52. The molecule has 3 aromatic rings. The van der Waals surface area contributed by atoms with Crippen LogP contribution in [0.5, 0.6) is 5.75 Å². The first-order valence-electron chi connectivity index (χ1n) is 11.5. The van der Waals surface area contributed by atoms with Crippen molar-refractivity contribution in [2.24, 2.45) is 0 Å². The van der Waals surface area contributed by atoms with Gasteiger partial charge in [-0.3, -0.25) is 4.72 Å². The molecule has 1 N–H and O–H groups in total. The van der Waals surface area contributed by atoms with E-state index in [1.54, 1.807) is 17.5 Å². The Morgan fingerprint density at radius 2 is 1.83 bits per heavy atom. The fourth-order valence-electron chi connectivity index (χ4n) is 4.64. The summed E-state index contributed by atoms with van der Waals surface area (Å²) in [6, 6.07) is 8.59. The average Bonchev–Trinajstić information content (AvgIpc) is 3.35. The molecule has 1 saturated heterocycles. The molecule has 1 aromatic heterocycles. The molecular weight excluding hydrogens is 513 g/mol. The normalized spacial score (nSPS) is 19.0. The number of hydrogen-bond donors (Lipinski definition) is 1. The van der Waals surface area contributed by atoms with Crippen molar-refractivity contribution in [1.29, 1.82) is 0 Å². The van der Waals surface area contributed by atoms with E-state index >= 15 is 0 Å². The zero-order valence-electron chi connectivity index (χ0n) is 19.5. The number of nitrogens with one attached hydrogen (secondary N) is 1. The number of anilines is 2. The third-order valence-electron chi connectivity index (χ3n) is 6.57. The number of fused-ring (bicyclic) bond motifs is 1. The van der Waals surface area contributed by atoms with Gasteiger partial charge in [0.2, 0.25) is 0 Å². The number of sulfonamides is 1. The topological polar surface area (TPSA) is 74.8 Å². The van der Waals surface area contributed by atoms with Gasteiger partial charge < -0.3 is 14.5 Å². The molecule has 0 unspecified atom stereocenters. The fourth-order valence-corrected chi connectivity index (χ4v) is 6.45. The lowest BCUT2D eigenvalue weighted by molar-refractivity contribution is -0.137. The van der Waals surface area contributed by atoms with E-state index < -0.39 is 21.8 Å². The van der Waals surface area contributed by atoms with E-state index in [1.165, 1.54) is 35.7 Å². The van der Waals surface area contributed by atoms with Crippen LogP contribution in [-0.2, 0) is 16.2 Å². The van der Waals surface area contributed by atoms with Crippen LogP contribution in [0.1, 0.15) is 29.0 Å². The minimum Gasteiger partial charge on any atom is -0.493 e. The van der Waals surface area contributed by atoms with Crippen LogP contribution >= 0.6 is 11.3 Å². The Hall–Kier alpha value is -2.83. The Labute approximate surface area is 211 Å². The molecule has 192 valence electrons. The van der Waals surface area contributed by atoms with Crippen molar-refractivity contribution in [2.75, 3.05) is 49.5 Å². The highest BCUT2D eigenvalue weighted by Gasteiger charge is 2.34. The van der Waals surface area contributed by atoms with Gasteiger partial charge >= 0.3 is 6.18 Å². The first-order chi connectivity index (χ1) is 17.1. The van der Waals surface area contributed by atoms with Crippen LogP contribution in [0.4, 0.5) is 24.0 Å². The molecule has 36 heavy (non-hydrogen) atoms. The highest BCUT2D eigenvalue weighted by Crippen LogP contribution is 2.44. The van der Waals surface area contributed by atoms with Gasteiger partial charge in [-0.1, -0.05) is 12.1 Å². The number of halogens is 3. The lowest BCUT2D eigenvalue weighted by Crippen LogP contribution is -2.45. The number of benzene rings is 2. The Bertz CT molecular complexity index is 1340. The third kappa shape index (κ3) is 5.02. The van der Waals surface area contributed by atoms with Crippen LogP contribution in [0.15, 0.2) is 52.9 Å². The number of aromatic nitrogens is 1. The van der Waals surface area contributed by atoms with Gasteiger partial charge in [-0.05, 0) is 37.2 Å². The number of piperazine rings is 1. The zero-order chi connectivity index (χ0) is 25.5. The summed E-state index contributed by atoms with van der Waals surface area (Å²) in [5.41, 5.74) is 1.43. The van der Waals surface area contributed by atoms with E-state index in [0.717, 1.165) is 30.3 Å². The predicted octanol–water partition coefficient (Wildman–Crippen LogP) is 4.63. The number of nitrogens with zero attached hydrogens (tertiary/aromatic N) is 3. The van der Waals surface area contributed by atoms with Gasteiger partial charge in [0.05, 0.1) is 17.1 Å². The van der Waals surface area contributed by atoms with Gasteiger partial charge in [-0.2, -0.15) is 13.2 Å². The highest BCUT2D eigenvalue weighted by molar-refractivity contribution is 7.93. The van der Waals surface area contributed by atoms with E-state index in [2.05, 4.69) is 14.6 Å². The molecule has 5 rings (SSSR count). The molecule has 0 spiro atoms. The summed E-state index contributed by atoms with van der Waals surface area (Å²) in [6.45, 7) is 3.09. The standard InChI is InChI=1S/C24H25F3N4O3S2/c1-30-8-10-31(11-9-30)21-14-16(24(25,26)27)2-4-19(21)18-6-12-34-22-15-17(3-5-20(18)22)36(32,33)29-23-28-7-13-35-23/h2-5,7,13-15,18H,6,8-12H2,1H3,(H,28,29)/t18-/m1/s1. The van der Waals surface area contributed by atoms with E-state index in [4.69, 9.17) is 4.74 Å². The molecule has 3 heterocycles. The molecule has 0 saturated carbocycles. The second kappa shape index (κ2) is 9.56. The summed E-state index contributed by atoms with van der Waals surface area (Å²) < 4.78 is 74.7. The molecule has 1 atom stereocenters. The summed E-state index contributed by atoms with van der Waals surface area (Å²) >= 11 is 1.17. The van der Waals surface area contributed by atoms with Crippen molar-refractivity contribution in [3.8, 4) is 5.75 Å². The van der Waals surface area contributed by atoms with Gasteiger partial charge in [-0.25, -0.2) is 13.4 Å². The second-order valence-corrected chi connectivity index (χ2v) is 11.5. The number of rotatable bonds is 5. The number of alkyl halides is 3. The van der Waals surface area contributed by atoms with Crippen molar-refractivity contribution in [3.63, 3.8) is 0 Å². The maximum atomic E-state index is 13.6. The third-order valence-corrected chi connectivity index (χ3v) is 8.72. The molecule has 2 aliphatic rings. The Morgan fingerprint density at radius 3 is 2.53 bits per heavy atom. The molecular formula is C24H25F3N4O3S2. The summed E-state index contributed by atoms with van der Waals surface area (Å²) in [6.07, 6.45) is -2.37. The number of likely N-dealkylation sites (N-methyl/N-ethyl adjacent to an activating group) is 1. The maximum absolute atomic E-state index is 13.6. The minimum atomic E-state index is -4.44. The van der Waals surface area contributed by atoms with Crippen LogP contribution < -0.4 is 14.4 Å². The van der Waals surface area contributed by atoms with Crippen molar-refractivity contribution in [1.82, 2.24) is 9.88 Å². The zero-order valence-corrected chi connectivity index (χ0v) is 21.1. The number of hydrogen-bond acceptors (Lipinski definition) is 7. The van der Waals surface area contributed by atoms with E-state index in [-0.39, 0.29) is 15.9 Å². The fraction of sp³-hybridized carbons (Fsp3) is 0.375. The molecule has 1 fully saturated rings. The van der Waals surface area contributed by atoms with Crippen LogP contribution in [0, 0.1) is 0 Å². The van der Waals surface area contributed by atoms with Crippen LogP contribution in [0.25, 0.3) is 0 Å². The van der Waals surface area contributed by atoms with Gasteiger partial charge in [0.25, 0.3) is 10.0 Å². The quantitative estimate of drug-likeness (QED) is 0.511. The van der Waals surface area contributed by atoms with E-state index in [1.807, 2.05) is 11.9 Å². The number of thiazole rings is 1. The van der Waals surface area contributed by atoms with E-state index in [0.29, 0.717) is 37.6 Å². The van der Waals surface area contributed by atoms with Crippen molar-refractivity contribution < 1.29 is 26.3 Å². The molecule has 0 radical (unpaired) electrons. The molecule has 2 aliphatic heterocycles. The van der Waals surface area contributed by atoms with Crippen LogP contribution in [-0.4, -0.2) is 58.1 Å². The predicted molar refractivity (Wildman–Crippen MR) is 132 cm³/mol. The lowest BCUT2D eigenvalue weighted by Gasteiger charge is -2.37. The molecule has 12 heteroatoms. The number of ether oxygens (including phenoxy) is 1. The molecule has 7 nitrogen and oxygen atoms in total. The molecule has 0 aliphatic carbocycles. The Morgan fingerprint density at radius 1 is 1.08 bits per heavy atom. The van der Waals surface area contributed by atoms with Gasteiger partial charge in [0.1, 0.15) is 5.75 Å². The Kier molecular flexibility index (Phi) is 6.60. The molecule has 0 amide bonds. The summed E-state index contributed by atoms with van der Waals surface area (Å²) in [7, 11) is -1.88. The van der Waals surface area contributed by atoms with Gasteiger partial charge in [0.15, 0.2) is 5.13 Å². The second-order valence-electron chi connectivity index (χ2n) is 8.89. The lowest BCUT2D eigenvalue weighted by atomic mass is 9.85. The maximum Gasteiger partial charge on any atom is 0.416 e. The van der Waals surface area contributed by atoms with Gasteiger partial charge in [-0.15, -0.1) is 11.3 Å². The van der Waals surface area contributed by atoms with Gasteiger partial charge in [0, 0.05) is 61.0 Å². The first-order valence-corrected chi connectivity index (χ1v) is 13.8. The first kappa shape index (κ1) is 24.8. The summed E-state index contributed by atoms with van der Waals surface area (Å²) in [4.78, 5) is 8.15. The SMILES string of the molecule is CN1CCN(c2cc(C(F)(F)F)ccc2[C@H]2CCOc3cc(S(=O)(=O)Nc4nccs4)ccc32)CC1.